The quantitative estimate of drug-likeness (QED) is 0.575. The Morgan fingerprint density at radius 1 is 1.42 bits per heavy atom. The first-order chi connectivity index (χ1) is 8.85. The first-order valence-corrected chi connectivity index (χ1v) is 6.13. The number of esters is 1. The van der Waals surface area contributed by atoms with Gasteiger partial charge in [-0.3, -0.25) is 0 Å². The van der Waals surface area contributed by atoms with Crippen LogP contribution in [-0.4, -0.2) is 52.0 Å². The van der Waals surface area contributed by atoms with Gasteiger partial charge in [0.2, 0.25) is 0 Å². The van der Waals surface area contributed by atoms with E-state index in [2.05, 4.69) is 10.3 Å². The molecule has 7 heteroatoms. The Kier molecular flexibility index (Phi) is 5.44. The summed E-state index contributed by atoms with van der Waals surface area (Å²) in [6.07, 6.45) is 0.523. The van der Waals surface area contributed by atoms with Crippen molar-refractivity contribution in [2.24, 2.45) is 0 Å². The maximum atomic E-state index is 11.7. The zero-order chi connectivity index (χ0) is 14.5. The van der Waals surface area contributed by atoms with Crippen molar-refractivity contribution in [1.29, 1.82) is 0 Å². The van der Waals surface area contributed by atoms with Crippen molar-refractivity contribution in [3.63, 3.8) is 0 Å². The molecule has 1 aromatic rings. The predicted molar refractivity (Wildman–Crippen MR) is 67.8 cm³/mol. The number of carbonyl (C=O) groups excluding carboxylic acids is 1. The van der Waals surface area contributed by atoms with Crippen LogP contribution in [0, 0.1) is 6.92 Å². The van der Waals surface area contributed by atoms with Crippen molar-refractivity contribution in [1.82, 2.24) is 15.0 Å². The molecule has 108 valence electrons. The molecule has 0 aliphatic rings. The average molecular weight is 271 g/mol. The van der Waals surface area contributed by atoms with Gasteiger partial charge in [-0.1, -0.05) is 5.21 Å². The first-order valence-electron chi connectivity index (χ1n) is 6.13. The number of methoxy groups -OCH3 is 1. The Hall–Kier alpha value is -1.47. The van der Waals surface area contributed by atoms with E-state index in [1.165, 1.54) is 7.11 Å². The van der Waals surface area contributed by atoms with Gasteiger partial charge >= 0.3 is 5.97 Å². The Bertz CT molecular complexity index is 423. The molecule has 1 rings (SSSR count). The van der Waals surface area contributed by atoms with E-state index in [9.17, 15) is 9.90 Å². The molecule has 0 spiro atoms. The van der Waals surface area contributed by atoms with Gasteiger partial charge in [0.15, 0.2) is 5.69 Å². The number of hydrogen-bond donors (Lipinski definition) is 1. The smallest absolute Gasteiger partial charge is 0.360 e. The molecule has 19 heavy (non-hydrogen) atoms. The average Bonchev–Trinajstić information content (AvgIpc) is 2.67. The van der Waals surface area contributed by atoms with E-state index in [1.807, 2.05) is 0 Å². The number of aromatic nitrogens is 3. The number of aliphatic hydroxyl groups is 1. The molecule has 0 unspecified atom stereocenters. The molecule has 7 nitrogen and oxygen atoms in total. The molecule has 0 aromatic carbocycles. The van der Waals surface area contributed by atoms with Gasteiger partial charge in [-0.25, -0.2) is 9.48 Å². The molecule has 0 amide bonds. The number of nitrogens with zero attached hydrogens (tertiary/aromatic N) is 3. The lowest BCUT2D eigenvalue weighted by atomic mass is 10.1. The standard InChI is InChI=1S/C12H21N3O4/c1-9-10(11(16)19-8-7-18-4)13-14-15(9)6-5-12(2,3)17/h17H,5-8H2,1-4H3. The van der Waals surface area contributed by atoms with Crippen LogP contribution in [0.1, 0.15) is 36.5 Å². The monoisotopic (exact) mass is 271 g/mol. The predicted octanol–water partition coefficient (Wildman–Crippen LogP) is 0.551. The highest BCUT2D eigenvalue weighted by Crippen LogP contribution is 2.11. The number of hydrogen-bond acceptors (Lipinski definition) is 6. The van der Waals surface area contributed by atoms with Crippen LogP contribution in [0.2, 0.25) is 0 Å². The third-order valence-electron chi connectivity index (χ3n) is 2.63. The lowest BCUT2D eigenvalue weighted by Crippen LogP contribution is -2.22. The van der Waals surface area contributed by atoms with Gasteiger partial charge in [-0.15, -0.1) is 5.10 Å². The first kappa shape index (κ1) is 15.6. The second kappa shape index (κ2) is 6.63. The van der Waals surface area contributed by atoms with Crippen molar-refractivity contribution in [3.05, 3.63) is 11.4 Å². The van der Waals surface area contributed by atoms with E-state index in [4.69, 9.17) is 9.47 Å². The molecule has 1 heterocycles. The van der Waals surface area contributed by atoms with Crippen LogP contribution < -0.4 is 0 Å². The van der Waals surface area contributed by atoms with Crippen LogP contribution in [0.5, 0.6) is 0 Å². The van der Waals surface area contributed by atoms with E-state index in [1.54, 1.807) is 25.5 Å². The molecule has 0 radical (unpaired) electrons. The van der Waals surface area contributed by atoms with Crippen molar-refractivity contribution < 1.29 is 19.4 Å². The van der Waals surface area contributed by atoms with Crippen molar-refractivity contribution in [2.45, 2.75) is 39.3 Å². The summed E-state index contributed by atoms with van der Waals surface area (Å²) in [6.45, 7) is 6.21. The van der Waals surface area contributed by atoms with E-state index in [0.717, 1.165) is 0 Å². The summed E-state index contributed by atoms with van der Waals surface area (Å²) in [4.78, 5) is 11.7. The Morgan fingerprint density at radius 3 is 2.68 bits per heavy atom. The maximum absolute atomic E-state index is 11.7. The molecule has 0 aliphatic heterocycles. The largest absolute Gasteiger partial charge is 0.458 e. The van der Waals surface area contributed by atoms with Crippen LogP contribution in [0.15, 0.2) is 0 Å². The number of ether oxygens (including phenoxy) is 2. The van der Waals surface area contributed by atoms with Gasteiger partial charge in [-0.05, 0) is 27.2 Å². The summed E-state index contributed by atoms with van der Waals surface area (Å²) in [5.74, 6) is -0.510. The van der Waals surface area contributed by atoms with Gasteiger partial charge in [0, 0.05) is 13.7 Å². The molecule has 1 N–H and O–H groups in total. The number of carbonyl (C=O) groups is 1. The minimum Gasteiger partial charge on any atom is -0.458 e. The fraction of sp³-hybridized carbons (Fsp3) is 0.750. The summed E-state index contributed by atoms with van der Waals surface area (Å²) in [5.41, 5.74) is 0.0517. The van der Waals surface area contributed by atoms with Crippen molar-refractivity contribution >= 4 is 5.97 Å². The van der Waals surface area contributed by atoms with Crippen molar-refractivity contribution in [3.8, 4) is 0 Å². The summed E-state index contributed by atoms with van der Waals surface area (Å²) in [6, 6.07) is 0. The Labute approximate surface area is 112 Å². The molecule has 0 saturated heterocycles. The zero-order valence-corrected chi connectivity index (χ0v) is 11.8. The second-order valence-electron chi connectivity index (χ2n) is 4.94. The Morgan fingerprint density at radius 2 is 2.11 bits per heavy atom. The molecule has 0 aliphatic carbocycles. The highest BCUT2D eigenvalue weighted by atomic mass is 16.6. The SMILES string of the molecule is COCCOC(=O)c1nnn(CCC(C)(C)O)c1C. The topological polar surface area (TPSA) is 86.5 Å². The molecule has 0 atom stereocenters. The minimum atomic E-state index is -0.780. The lowest BCUT2D eigenvalue weighted by Gasteiger charge is -2.16. The van der Waals surface area contributed by atoms with Crippen molar-refractivity contribution in [2.75, 3.05) is 20.3 Å². The molecular formula is C12H21N3O4. The fourth-order valence-corrected chi connectivity index (χ4v) is 1.43. The van der Waals surface area contributed by atoms with E-state index >= 15 is 0 Å². The maximum Gasteiger partial charge on any atom is 0.360 e. The molecule has 1 aromatic heterocycles. The number of aryl methyl sites for hydroxylation is 1. The molecule has 0 bridgehead atoms. The van der Waals surface area contributed by atoms with Crippen LogP contribution in [-0.2, 0) is 16.0 Å². The highest BCUT2D eigenvalue weighted by molar-refractivity contribution is 5.88. The molecular weight excluding hydrogens is 250 g/mol. The summed E-state index contributed by atoms with van der Waals surface area (Å²) >= 11 is 0. The van der Waals surface area contributed by atoms with E-state index in [0.29, 0.717) is 25.3 Å². The highest BCUT2D eigenvalue weighted by Gasteiger charge is 2.19. The van der Waals surface area contributed by atoms with Gasteiger partial charge in [0.05, 0.1) is 17.9 Å². The van der Waals surface area contributed by atoms with Gasteiger partial charge in [-0.2, -0.15) is 0 Å². The molecule has 0 saturated carbocycles. The summed E-state index contributed by atoms with van der Waals surface area (Å²) in [5, 5.41) is 17.4. The van der Waals surface area contributed by atoms with E-state index < -0.39 is 11.6 Å². The second-order valence-corrected chi connectivity index (χ2v) is 4.94. The van der Waals surface area contributed by atoms with E-state index in [-0.39, 0.29) is 12.3 Å². The minimum absolute atomic E-state index is 0.186. The van der Waals surface area contributed by atoms with Crippen LogP contribution in [0.25, 0.3) is 0 Å². The zero-order valence-electron chi connectivity index (χ0n) is 11.8. The normalized spacial score (nSPS) is 11.6. The Balaban J connectivity index is 2.62. The van der Waals surface area contributed by atoms with Crippen LogP contribution in [0.3, 0.4) is 0 Å². The lowest BCUT2D eigenvalue weighted by molar-refractivity contribution is 0.0380. The molecule has 0 fully saturated rings. The third-order valence-corrected chi connectivity index (χ3v) is 2.63. The van der Waals surface area contributed by atoms with Crippen LogP contribution >= 0.6 is 0 Å². The van der Waals surface area contributed by atoms with Gasteiger partial charge in [0.1, 0.15) is 6.61 Å². The summed E-state index contributed by atoms with van der Waals surface area (Å²) in [7, 11) is 1.53. The van der Waals surface area contributed by atoms with Crippen LogP contribution in [0.4, 0.5) is 0 Å². The fourth-order valence-electron chi connectivity index (χ4n) is 1.43. The number of rotatable bonds is 7. The van der Waals surface area contributed by atoms with Gasteiger partial charge in [0.25, 0.3) is 0 Å². The third kappa shape index (κ3) is 4.96. The van der Waals surface area contributed by atoms with Gasteiger partial charge < -0.3 is 14.6 Å². The summed E-state index contributed by atoms with van der Waals surface area (Å²) < 4.78 is 11.4.